The van der Waals surface area contributed by atoms with Gasteiger partial charge < -0.3 is 14.6 Å². The molecule has 0 unspecified atom stereocenters. The van der Waals surface area contributed by atoms with Crippen molar-refractivity contribution >= 4 is 5.97 Å². The van der Waals surface area contributed by atoms with Crippen LogP contribution in [0.2, 0.25) is 0 Å². The normalized spacial score (nSPS) is 10.4. The number of ether oxygens (including phenoxy) is 2. The zero-order valence-corrected chi connectivity index (χ0v) is 13.6. The maximum atomic E-state index is 11.0. The Morgan fingerprint density at radius 3 is 2.28 bits per heavy atom. The van der Waals surface area contributed by atoms with Crippen LogP contribution in [0, 0.1) is 0 Å². The topological polar surface area (TPSA) is 97.3 Å². The number of aromatic nitrogens is 3. The third-order valence-electron chi connectivity index (χ3n) is 3.56. The molecule has 1 heterocycles. The summed E-state index contributed by atoms with van der Waals surface area (Å²) >= 11 is 0. The minimum atomic E-state index is -1.16. The number of hydrogen-bond acceptors (Lipinski definition) is 5. The Labute approximate surface area is 144 Å². The van der Waals surface area contributed by atoms with Gasteiger partial charge in [-0.15, -0.1) is 0 Å². The Bertz CT molecular complexity index is 842. The summed E-state index contributed by atoms with van der Waals surface area (Å²) in [5.74, 6) is -0.341. The first-order valence-corrected chi connectivity index (χ1v) is 7.76. The van der Waals surface area contributed by atoms with Crippen LogP contribution in [0.5, 0.6) is 11.6 Å². The van der Waals surface area contributed by atoms with Crippen LogP contribution in [0.15, 0.2) is 48.5 Å². The number of aromatic amines is 1. The quantitative estimate of drug-likeness (QED) is 0.686. The number of carboxylic acids is 1. The number of carboxylic acid groups (broad SMARTS) is 1. The van der Waals surface area contributed by atoms with Gasteiger partial charge in [0.1, 0.15) is 12.4 Å². The van der Waals surface area contributed by atoms with Crippen molar-refractivity contribution in [3.05, 3.63) is 59.8 Å². The first kappa shape index (κ1) is 16.5. The van der Waals surface area contributed by atoms with Crippen molar-refractivity contribution in [1.29, 1.82) is 0 Å². The highest BCUT2D eigenvalue weighted by molar-refractivity contribution is 5.87. The van der Waals surface area contributed by atoms with Crippen molar-refractivity contribution in [2.24, 2.45) is 0 Å². The molecule has 0 amide bonds. The highest BCUT2D eigenvalue weighted by Crippen LogP contribution is 2.23. The van der Waals surface area contributed by atoms with E-state index in [9.17, 15) is 4.79 Å². The van der Waals surface area contributed by atoms with Gasteiger partial charge in [0, 0.05) is 0 Å². The van der Waals surface area contributed by atoms with E-state index in [-0.39, 0.29) is 18.2 Å². The Hall–Kier alpha value is -3.35. The third kappa shape index (κ3) is 3.95. The van der Waals surface area contributed by atoms with E-state index in [0.29, 0.717) is 6.61 Å². The minimum absolute atomic E-state index is 0.0249. The van der Waals surface area contributed by atoms with Crippen molar-refractivity contribution in [1.82, 2.24) is 15.4 Å². The summed E-state index contributed by atoms with van der Waals surface area (Å²) in [5.41, 5.74) is 2.89. The number of aromatic carboxylic acids is 1. The maximum absolute atomic E-state index is 11.0. The lowest BCUT2D eigenvalue weighted by atomic mass is 10.0. The van der Waals surface area contributed by atoms with E-state index in [2.05, 4.69) is 15.4 Å². The number of H-pyrrole nitrogens is 1. The molecule has 0 atom stereocenters. The Balaban J connectivity index is 1.65. The van der Waals surface area contributed by atoms with Crippen LogP contribution in [-0.2, 0) is 6.61 Å². The second kappa shape index (κ2) is 7.48. The van der Waals surface area contributed by atoms with Crippen molar-refractivity contribution in [2.45, 2.75) is 13.5 Å². The zero-order chi connectivity index (χ0) is 17.6. The molecular weight excluding hydrogens is 322 g/mol. The Kier molecular flexibility index (Phi) is 4.94. The summed E-state index contributed by atoms with van der Waals surface area (Å²) in [5, 5.41) is 18.3. The molecule has 3 rings (SSSR count). The maximum Gasteiger partial charge on any atom is 0.359 e. The van der Waals surface area contributed by atoms with E-state index in [1.54, 1.807) is 0 Å². The average Bonchev–Trinajstić information content (AvgIpc) is 3.10. The summed E-state index contributed by atoms with van der Waals surface area (Å²) in [6.07, 6.45) is 0. The minimum Gasteiger partial charge on any atom is -0.494 e. The smallest absolute Gasteiger partial charge is 0.359 e. The van der Waals surface area contributed by atoms with E-state index in [4.69, 9.17) is 14.6 Å². The molecule has 2 N–H and O–H groups in total. The van der Waals surface area contributed by atoms with Gasteiger partial charge in [-0.1, -0.05) is 46.7 Å². The molecule has 0 saturated heterocycles. The monoisotopic (exact) mass is 339 g/mol. The fraction of sp³-hybridized carbons (Fsp3) is 0.167. The van der Waals surface area contributed by atoms with Gasteiger partial charge >= 0.3 is 5.97 Å². The molecule has 2 aromatic carbocycles. The van der Waals surface area contributed by atoms with Crippen molar-refractivity contribution in [3.63, 3.8) is 0 Å². The zero-order valence-electron chi connectivity index (χ0n) is 13.6. The van der Waals surface area contributed by atoms with E-state index in [1.807, 2.05) is 55.5 Å². The van der Waals surface area contributed by atoms with E-state index in [0.717, 1.165) is 22.4 Å². The van der Waals surface area contributed by atoms with Crippen LogP contribution >= 0.6 is 0 Å². The highest BCUT2D eigenvalue weighted by atomic mass is 16.5. The van der Waals surface area contributed by atoms with Gasteiger partial charge in [-0.3, -0.25) is 0 Å². The summed E-state index contributed by atoms with van der Waals surface area (Å²) in [4.78, 5) is 11.0. The number of carbonyl (C=O) groups is 1. The van der Waals surface area contributed by atoms with Crippen molar-refractivity contribution in [3.8, 4) is 22.8 Å². The molecule has 0 spiro atoms. The molecule has 7 heteroatoms. The number of benzene rings is 2. The second-order valence-electron chi connectivity index (χ2n) is 5.24. The third-order valence-corrected chi connectivity index (χ3v) is 3.56. The molecule has 1 aromatic heterocycles. The van der Waals surface area contributed by atoms with Crippen LogP contribution in [0.25, 0.3) is 11.1 Å². The lowest BCUT2D eigenvalue weighted by molar-refractivity contribution is 0.0685. The van der Waals surface area contributed by atoms with Crippen LogP contribution in [-0.4, -0.2) is 33.1 Å². The molecule has 0 radical (unpaired) electrons. The molecular formula is C18H17N3O4. The van der Waals surface area contributed by atoms with E-state index < -0.39 is 5.97 Å². The molecule has 0 aliphatic heterocycles. The summed E-state index contributed by atoms with van der Waals surface area (Å²) < 4.78 is 10.8. The van der Waals surface area contributed by atoms with Gasteiger partial charge in [0.15, 0.2) is 0 Å². The molecule has 0 aliphatic carbocycles. The van der Waals surface area contributed by atoms with Crippen LogP contribution in [0.1, 0.15) is 23.0 Å². The summed E-state index contributed by atoms with van der Waals surface area (Å²) in [7, 11) is 0. The SMILES string of the molecule is CCOc1ccc(-c2ccc(COc3nn[nH]c3C(=O)O)cc2)cc1. The van der Waals surface area contributed by atoms with Crippen LogP contribution < -0.4 is 9.47 Å². The summed E-state index contributed by atoms with van der Waals surface area (Å²) in [6.45, 7) is 2.80. The van der Waals surface area contributed by atoms with Gasteiger partial charge in [0.2, 0.25) is 5.69 Å². The van der Waals surface area contributed by atoms with Crippen molar-refractivity contribution in [2.75, 3.05) is 6.61 Å². The standard InChI is InChI=1S/C18H17N3O4/c1-2-24-15-9-7-14(8-10-15)13-5-3-12(4-6-13)11-25-17-16(18(22)23)19-21-20-17/h3-10H,2,11H2,1H3,(H,22,23)(H,19,20,21). The lowest BCUT2D eigenvalue weighted by Crippen LogP contribution is -2.03. The van der Waals surface area contributed by atoms with Crippen molar-refractivity contribution < 1.29 is 19.4 Å². The first-order valence-electron chi connectivity index (χ1n) is 7.76. The van der Waals surface area contributed by atoms with E-state index >= 15 is 0 Å². The molecule has 128 valence electrons. The van der Waals surface area contributed by atoms with Gasteiger partial charge in [0.05, 0.1) is 6.61 Å². The largest absolute Gasteiger partial charge is 0.494 e. The predicted octanol–water partition coefficient (Wildman–Crippen LogP) is 3.15. The van der Waals surface area contributed by atoms with Gasteiger partial charge in [-0.25, -0.2) is 9.89 Å². The molecule has 0 aliphatic rings. The van der Waals surface area contributed by atoms with Crippen LogP contribution in [0.3, 0.4) is 0 Å². The number of nitrogens with zero attached hydrogens (tertiary/aromatic N) is 2. The van der Waals surface area contributed by atoms with Gasteiger partial charge in [-0.2, -0.15) is 0 Å². The molecule has 0 bridgehead atoms. The fourth-order valence-electron chi connectivity index (χ4n) is 2.31. The second-order valence-corrected chi connectivity index (χ2v) is 5.24. The molecule has 25 heavy (non-hydrogen) atoms. The fourth-order valence-corrected chi connectivity index (χ4v) is 2.31. The molecule has 0 fully saturated rings. The van der Waals surface area contributed by atoms with Gasteiger partial charge in [-0.05, 0) is 35.7 Å². The molecule has 3 aromatic rings. The molecule has 7 nitrogen and oxygen atoms in total. The number of rotatable bonds is 7. The predicted molar refractivity (Wildman–Crippen MR) is 90.7 cm³/mol. The molecule has 0 saturated carbocycles. The number of hydrogen-bond donors (Lipinski definition) is 2. The lowest BCUT2D eigenvalue weighted by Gasteiger charge is -2.07. The Morgan fingerprint density at radius 1 is 1.04 bits per heavy atom. The van der Waals surface area contributed by atoms with E-state index in [1.165, 1.54) is 0 Å². The van der Waals surface area contributed by atoms with Crippen LogP contribution in [0.4, 0.5) is 0 Å². The Morgan fingerprint density at radius 2 is 1.68 bits per heavy atom. The summed E-state index contributed by atoms with van der Waals surface area (Å²) in [6, 6.07) is 15.7. The highest BCUT2D eigenvalue weighted by Gasteiger charge is 2.15. The number of nitrogens with one attached hydrogen (secondary N) is 1. The average molecular weight is 339 g/mol. The van der Waals surface area contributed by atoms with Gasteiger partial charge in [0.25, 0.3) is 5.88 Å². The first-order chi connectivity index (χ1) is 12.2.